The highest BCUT2D eigenvalue weighted by atomic mass is 32.1. The van der Waals surface area contributed by atoms with E-state index in [9.17, 15) is 0 Å². The summed E-state index contributed by atoms with van der Waals surface area (Å²) in [4.78, 5) is 0. The van der Waals surface area contributed by atoms with Gasteiger partial charge in [-0.15, -0.1) is 11.3 Å². The number of para-hydroxylation sites is 2. The maximum atomic E-state index is 2.60. The SMILES string of the molecule is CC(C)(C)c1cc(-c2ccc3c4c5sc6ccccc6c5cc5c6cc7c(cc6n(c3c2)c54)c2cccc3c4ccccc4n7c32)cc(C(C)(C)C)c1. The molecule has 0 amide bonds. The second-order valence-electron chi connectivity index (χ2n) is 17.4. The summed E-state index contributed by atoms with van der Waals surface area (Å²) in [7, 11) is 0. The van der Waals surface area contributed by atoms with E-state index >= 15 is 0 Å². The predicted molar refractivity (Wildman–Crippen MR) is 231 cm³/mol. The van der Waals surface area contributed by atoms with Gasteiger partial charge < -0.3 is 8.80 Å². The zero-order valence-electron chi connectivity index (χ0n) is 30.8. The molecule has 53 heavy (non-hydrogen) atoms. The van der Waals surface area contributed by atoms with Crippen molar-refractivity contribution in [3.8, 4) is 11.1 Å². The molecule has 3 heteroatoms. The van der Waals surface area contributed by atoms with E-state index in [1.54, 1.807) is 0 Å². The van der Waals surface area contributed by atoms with Gasteiger partial charge in [-0.2, -0.15) is 0 Å². The maximum absolute atomic E-state index is 2.60. The van der Waals surface area contributed by atoms with Crippen molar-refractivity contribution in [1.29, 1.82) is 0 Å². The molecule has 12 aromatic rings. The molecule has 7 aromatic carbocycles. The highest BCUT2D eigenvalue weighted by molar-refractivity contribution is 7.26. The van der Waals surface area contributed by atoms with Crippen LogP contribution in [-0.2, 0) is 10.8 Å². The molecule has 0 fully saturated rings. The molecule has 0 aliphatic heterocycles. The minimum atomic E-state index is 0.0477. The third-order valence-corrected chi connectivity index (χ3v) is 13.4. The molecule has 0 N–H and O–H groups in total. The number of hydrogen-bond donors (Lipinski definition) is 0. The zero-order valence-corrected chi connectivity index (χ0v) is 31.7. The quantitative estimate of drug-likeness (QED) is 0.161. The fourth-order valence-corrected chi connectivity index (χ4v) is 10.8. The summed E-state index contributed by atoms with van der Waals surface area (Å²) >= 11 is 1.94. The molecule has 0 aliphatic rings. The molecule has 0 bridgehead atoms. The molecule has 5 heterocycles. The van der Waals surface area contributed by atoms with Crippen molar-refractivity contribution in [3.63, 3.8) is 0 Å². The summed E-state index contributed by atoms with van der Waals surface area (Å²) in [5, 5.41) is 13.3. The molecule has 0 atom stereocenters. The van der Waals surface area contributed by atoms with Gasteiger partial charge in [0.05, 0.1) is 33.1 Å². The van der Waals surface area contributed by atoms with Gasteiger partial charge in [0.15, 0.2) is 0 Å². The lowest BCUT2D eigenvalue weighted by atomic mass is 9.79. The Hall–Kier alpha value is -5.64. The molecular formula is C50H38N2S. The molecule has 2 nitrogen and oxygen atoms in total. The minimum absolute atomic E-state index is 0.0477. The topological polar surface area (TPSA) is 8.82 Å². The van der Waals surface area contributed by atoms with E-state index < -0.39 is 0 Å². The van der Waals surface area contributed by atoms with E-state index in [-0.39, 0.29) is 10.8 Å². The van der Waals surface area contributed by atoms with E-state index in [1.807, 2.05) is 11.3 Å². The summed E-state index contributed by atoms with van der Waals surface area (Å²) < 4.78 is 7.85. The van der Waals surface area contributed by atoms with E-state index in [2.05, 4.69) is 172 Å². The second-order valence-corrected chi connectivity index (χ2v) is 18.5. The Balaban J connectivity index is 1.27. The van der Waals surface area contributed by atoms with Gasteiger partial charge in [-0.05, 0) is 69.5 Å². The van der Waals surface area contributed by atoms with Gasteiger partial charge >= 0.3 is 0 Å². The number of hydrogen-bond acceptors (Lipinski definition) is 1. The van der Waals surface area contributed by atoms with Crippen LogP contribution < -0.4 is 0 Å². The maximum Gasteiger partial charge on any atom is 0.0635 e. The van der Waals surface area contributed by atoms with E-state index in [0.717, 1.165) is 0 Å². The van der Waals surface area contributed by atoms with Crippen LogP contribution in [-0.4, -0.2) is 8.80 Å². The Morgan fingerprint density at radius 1 is 0.396 bits per heavy atom. The van der Waals surface area contributed by atoms with Crippen molar-refractivity contribution in [2.24, 2.45) is 0 Å². The van der Waals surface area contributed by atoms with Crippen LogP contribution in [0.5, 0.6) is 0 Å². The first-order valence-corrected chi connectivity index (χ1v) is 19.7. The number of rotatable bonds is 1. The van der Waals surface area contributed by atoms with Crippen molar-refractivity contribution >= 4 is 108 Å². The Morgan fingerprint density at radius 3 is 1.74 bits per heavy atom. The lowest BCUT2D eigenvalue weighted by molar-refractivity contribution is 0.569. The summed E-state index contributed by atoms with van der Waals surface area (Å²) in [6.07, 6.45) is 0. The van der Waals surface area contributed by atoms with Gasteiger partial charge in [0.25, 0.3) is 0 Å². The number of fused-ring (bicyclic) bond motifs is 16. The van der Waals surface area contributed by atoms with Crippen LogP contribution in [0.15, 0.2) is 121 Å². The van der Waals surface area contributed by atoms with Gasteiger partial charge in [-0.1, -0.05) is 126 Å². The van der Waals surface area contributed by atoms with Crippen LogP contribution in [0.25, 0.3) is 107 Å². The number of aromatic nitrogens is 2. The Kier molecular flexibility index (Phi) is 5.45. The molecule has 0 unspecified atom stereocenters. The minimum Gasteiger partial charge on any atom is -0.308 e. The summed E-state index contributed by atoms with van der Waals surface area (Å²) in [6.45, 7) is 14.0. The third-order valence-electron chi connectivity index (χ3n) is 12.2. The fraction of sp³-hybridized carbons (Fsp3) is 0.160. The van der Waals surface area contributed by atoms with Crippen LogP contribution in [0.1, 0.15) is 52.7 Å². The molecule has 0 aliphatic carbocycles. The molecular weight excluding hydrogens is 661 g/mol. The van der Waals surface area contributed by atoms with Crippen LogP contribution in [0.4, 0.5) is 0 Å². The molecule has 5 aromatic heterocycles. The van der Waals surface area contributed by atoms with Crippen LogP contribution in [0.2, 0.25) is 0 Å². The van der Waals surface area contributed by atoms with Crippen molar-refractivity contribution in [3.05, 3.63) is 132 Å². The normalized spacial score (nSPS) is 13.5. The molecule has 12 rings (SSSR count). The standard InChI is InChI=1S/C50H38N2S/c1-49(2,3)29-20-28(21-30(23-29)50(4,5)6)27-18-19-35-41(22-27)52-43-25-36-34-15-11-14-33-31-12-7-9-16-40(31)51(46(33)34)42(36)26-37(43)38-24-39-32-13-8-10-17-44(32)53-48(39)45(35)47(38)52/h7-26H,1-6H3. The fourth-order valence-electron chi connectivity index (χ4n) is 9.54. The average molecular weight is 699 g/mol. The van der Waals surface area contributed by atoms with Crippen LogP contribution in [0.3, 0.4) is 0 Å². The molecule has 0 saturated carbocycles. The van der Waals surface area contributed by atoms with E-state index in [0.29, 0.717) is 0 Å². The molecule has 0 saturated heterocycles. The largest absolute Gasteiger partial charge is 0.308 e. The van der Waals surface area contributed by atoms with Gasteiger partial charge in [-0.3, -0.25) is 0 Å². The second kappa shape index (κ2) is 9.66. The van der Waals surface area contributed by atoms with Crippen molar-refractivity contribution in [2.45, 2.75) is 52.4 Å². The predicted octanol–water partition coefficient (Wildman–Crippen LogP) is 14.6. The lowest BCUT2D eigenvalue weighted by Gasteiger charge is -2.26. The Labute approximate surface area is 311 Å². The Bertz CT molecular complexity index is 3480. The van der Waals surface area contributed by atoms with Crippen molar-refractivity contribution < 1.29 is 0 Å². The molecule has 254 valence electrons. The van der Waals surface area contributed by atoms with Gasteiger partial charge in [0.2, 0.25) is 0 Å². The lowest BCUT2D eigenvalue weighted by Crippen LogP contribution is -2.16. The third kappa shape index (κ3) is 3.78. The van der Waals surface area contributed by atoms with Crippen LogP contribution >= 0.6 is 11.3 Å². The summed E-state index contributed by atoms with van der Waals surface area (Å²) in [6, 6.07) is 46.7. The highest BCUT2D eigenvalue weighted by Gasteiger charge is 2.26. The Morgan fingerprint density at radius 2 is 1.00 bits per heavy atom. The van der Waals surface area contributed by atoms with Crippen molar-refractivity contribution in [2.75, 3.05) is 0 Å². The van der Waals surface area contributed by atoms with Crippen LogP contribution in [0, 0.1) is 0 Å². The van der Waals surface area contributed by atoms with Gasteiger partial charge in [-0.25, -0.2) is 0 Å². The summed E-state index contributed by atoms with van der Waals surface area (Å²) in [5.41, 5.74) is 13.2. The van der Waals surface area contributed by atoms with Crippen molar-refractivity contribution in [1.82, 2.24) is 8.80 Å². The summed E-state index contributed by atoms with van der Waals surface area (Å²) in [5.74, 6) is 0. The number of thiophene rings is 1. The van der Waals surface area contributed by atoms with E-state index in [4.69, 9.17) is 0 Å². The molecule has 0 radical (unpaired) electrons. The first-order chi connectivity index (χ1) is 25.5. The number of benzene rings is 7. The first kappa shape index (κ1) is 29.9. The monoisotopic (exact) mass is 698 g/mol. The smallest absolute Gasteiger partial charge is 0.0635 e. The zero-order chi connectivity index (χ0) is 35.7. The average Bonchev–Trinajstić information content (AvgIpc) is 3.93. The number of nitrogens with zero attached hydrogens (tertiary/aromatic N) is 2. The first-order valence-electron chi connectivity index (χ1n) is 18.9. The highest BCUT2D eigenvalue weighted by Crippen LogP contribution is 2.50. The molecule has 0 spiro atoms. The van der Waals surface area contributed by atoms with E-state index in [1.165, 1.54) is 119 Å². The van der Waals surface area contributed by atoms with Gasteiger partial charge in [0, 0.05) is 63.3 Å². The van der Waals surface area contributed by atoms with Gasteiger partial charge in [0.1, 0.15) is 0 Å².